The van der Waals surface area contributed by atoms with E-state index < -0.39 is 13.8 Å². The number of rotatable bonds is 5. The standard InChI is InChI=1S/C21H27OPS3/c1-13(2)17-11-19(14(3)4)21(20(12-17)15(5)6)16-7-9-18(10-8-16)23(22)26(24)25/h7-15H,1-6H3. The van der Waals surface area contributed by atoms with E-state index in [1.807, 2.05) is 12.1 Å². The molecule has 5 heteroatoms. The summed E-state index contributed by atoms with van der Waals surface area (Å²) in [5.41, 5.74) is 6.64. The molecule has 1 unspecified atom stereocenters. The Morgan fingerprint density at radius 3 is 1.62 bits per heavy atom. The van der Waals surface area contributed by atoms with Crippen molar-refractivity contribution in [1.82, 2.24) is 0 Å². The van der Waals surface area contributed by atoms with E-state index in [0.29, 0.717) is 17.8 Å². The number of hydrogen-bond acceptors (Lipinski definition) is 3. The van der Waals surface area contributed by atoms with Gasteiger partial charge < -0.3 is 0 Å². The average molecular weight is 423 g/mol. The van der Waals surface area contributed by atoms with Gasteiger partial charge in [0, 0.05) is 5.30 Å². The molecule has 0 N–H and O–H groups in total. The maximum absolute atomic E-state index is 12.2. The molecule has 2 aromatic rings. The molecule has 0 radical (unpaired) electrons. The third-order valence-corrected chi connectivity index (χ3v) is 9.51. The normalized spacial score (nSPS) is 12.1. The molecule has 0 aliphatic heterocycles. The molecule has 0 bridgehead atoms. The van der Waals surface area contributed by atoms with E-state index in [9.17, 15) is 4.57 Å². The van der Waals surface area contributed by atoms with Gasteiger partial charge in [0.1, 0.15) is 0 Å². The maximum atomic E-state index is 12.2. The average Bonchev–Trinajstić information content (AvgIpc) is 2.59. The summed E-state index contributed by atoms with van der Waals surface area (Å²) < 4.78 is 12.2. The molecule has 0 saturated heterocycles. The van der Waals surface area contributed by atoms with Crippen LogP contribution in [0.2, 0.25) is 0 Å². The topological polar surface area (TPSA) is 17.1 Å². The highest BCUT2D eigenvalue weighted by atomic mass is 33.2. The third kappa shape index (κ3) is 4.72. The van der Waals surface area contributed by atoms with Gasteiger partial charge in [0.2, 0.25) is 0 Å². The van der Waals surface area contributed by atoms with Crippen LogP contribution in [0.25, 0.3) is 11.1 Å². The minimum absolute atomic E-state index is 0.434. The van der Waals surface area contributed by atoms with Crippen LogP contribution in [0.4, 0.5) is 0 Å². The molecule has 0 spiro atoms. The quantitative estimate of drug-likeness (QED) is 0.503. The second kappa shape index (κ2) is 8.93. The maximum Gasteiger partial charge on any atom is 0.198 e. The zero-order valence-corrected chi connectivity index (χ0v) is 19.6. The van der Waals surface area contributed by atoms with Crippen LogP contribution in [0.15, 0.2) is 36.4 Å². The zero-order valence-electron chi connectivity index (χ0n) is 16.3. The summed E-state index contributed by atoms with van der Waals surface area (Å²) in [6.45, 7) is 11.8. The van der Waals surface area contributed by atoms with E-state index in [1.54, 1.807) is 0 Å². The first kappa shape index (κ1) is 21.5. The van der Waals surface area contributed by atoms with Crippen molar-refractivity contribution in [2.75, 3.05) is 0 Å². The Labute approximate surface area is 169 Å². The molecular formula is C21H27OPS3. The second-order valence-electron chi connectivity index (χ2n) is 7.56. The summed E-state index contributed by atoms with van der Waals surface area (Å²) >= 11 is 10.0. The molecule has 0 amide bonds. The van der Waals surface area contributed by atoms with Gasteiger partial charge >= 0.3 is 0 Å². The van der Waals surface area contributed by atoms with E-state index in [4.69, 9.17) is 22.4 Å². The molecule has 0 aliphatic rings. The van der Waals surface area contributed by atoms with Gasteiger partial charge in [-0.2, -0.15) is 0 Å². The first-order valence-corrected chi connectivity index (χ1v) is 13.9. The van der Waals surface area contributed by atoms with Gasteiger partial charge in [-0.3, -0.25) is 4.57 Å². The molecule has 2 aromatic carbocycles. The lowest BCUT2D eigenvalue weighted by molar-refractivity contribution is 0.602. The third-order valence-electron chi connectivity index (χ3n) is 4.63. The lowest BCUT2D eigenvalue weighted by Gasteiger charge is -2.23. The van der Waals surface area contributed by atoms with Gasteiger partial charge in [0.25, 0.3) is 0 Å². The molecule has 1 atom stereocenters. The first-order chi connectivity index (χ1) is 12.1. The van der Waals surface area contributed by atoms with Crippen LogP contribution in [0, 0.1) is 0 Å². The highest BCUT2D eigenvalue weighted by Gasteiger charge is 2.18. The Hall–Kier alpha value is -0.800. The van der Waals surface area contributed by atoms with E-state index in [2.05, 4.69) is 65.8 Å². The SMILES string of the molecule is CC(C)c1cc(C(C)C)c(-c2ccc(P(=O)=S(=S)=S)cc2)c(C(C)C)c1. The summed E-state index contributed by atoms with van der Waals surface area (Å²) in [6.07, 6.45) is 0. The van der Waals surface area contributed by atoms with Crippen molar-refractivity contribution in [2.45, 2.75) is 59.3 Å². The minimum Gasteiger partial charge on any atom is -0.265 e. The van der Waals surface area contributed by atoms with Crippen LogP contribution < -0.4 is 5.30 Å². The van der Waals surface area contributed by atoms with Crippen molar-refractivity contribution in [3.8, 4) is 11.1 Å². The molecule has 0 fully saturated rings. The zero-order chi connectivity index (χ0) is 19.6. The van der Waals surface area contributed by atoms with Crippen LogP contribution in [-0.4, -0.2) is 0 Å². The Morgan fingerprint density at radius 2 is 1.27 bits per heavy atom. The summed E-state index contributed by atoms with van der Waals surface area (Å²) in [5, 5.41) is 0.757. The molecule has 0 heterocycles. The van der Waals surface area contributed by atoms with Crippen molar-refractivity contribution >= 4 is 41.4 Å². The summed E-state index contributed by atoms with van der Waals surface area (Å²) in [5.74, 6) is 1.37. The monoisotopic (exact) mass is 422 g/mol. The van der Waals surface area contributed by atoms with Crippen LogP contribution >= 0.6 is 6.58 Å². The van der Waals surface area contributed by atoms with E-state index in [1.165, 1.54) is 27.8 Å². The van der Waals surface area contributed by atoms with Gasteiger partial charge in [-0.15, -0.1) is 0 Å². The van der Waals surface area contributed by atoms with Crippen LogP contribution in [0.5, 0.6) is 0 Å². The van der Waals surface area contributed by atoms with Gasteiger partial charge in [-0.1, -0.05) is 65.8 Å². The molecule has 2 rings (SSSR count). The smallest absolute Gasteiger partial charge is 0.198 e. The molecular weight excluding hydrogens is 395 g/mol. The minimum atomic E-state index is -1.66. The molecule has 1 nitrogen and oxygen atoms in total. The van der Waals surface area contributed by atoms with E-state index in [0.717, 1.165) is 5.30 Å². The number of hydrogen-bond donors (Lipinski definition) is 0. The Morgan fingerprint density at radius 1 is 0.808 bits per heavy atom. The lowest BCUT2D eigenvalue weighted by atomic mass is 9.82. The van der Waals surface area contributed by atoms with Crippen LogP contribution in [0.1, 0.15) is 76.0 Å². The van der Waals surface area contributed by atoms with Crippen LogP contribution in [0.3, 0.4) is 0 Å². The largest absolute Gasteiger partial charge is 0.265 e. The first-order valence-electron chi connectivity index (χ1n) is 8.98. The summed E-state index contributed by atoms with van der Waals surface area (Å²) in [4.78, 5) is 0. The van der Waals surface area contributed by atoms with Gasteiger partial charge in [-0.25, -0.2) is 0 Å². The van der Waals surface area contributed by atoms with Crippen molar-refractivity contribution in [3.05, 3.63) is 53.1 Å². The fourth-order valence-electron chi connectivity index (χ4n) is 3.13. The lowest BCUT2D eigenvalue weighted by Crippen LogP contribution is -2.04. The predicted molar refractivity (Wildman–Crippen MR) is 123 cm³/mol. The fraction of sp³-hybridized carbons (Fsp3) is 0.429. The second-order valence-corrected chi connectivity index (χ2v) is 15.2. The van der Waals surface area contributed by atoms with Gasteiger partial charge in [0.15, 0.2) is 6.58 Å². The molecule has 140 valence electrons. The molecule has 0 aromatic heterocycles. The summed E-state index contributed by atoms with van der Waals surface area (Å²) in [6, 6.07) is 12.7. The van der Waals surface area contributed by atoms with Crippen molar-refractivity contribution in [1.29, 1.82) is 0 Å². The Bertz CT molecular complexity index is 941. The van der Waals surface area contributed by atoms with Gasteiger partial charge in [-0.05, 0) is 87.3 Å². The van der Waals surface area contributed by atoms with Crippen molar-refractivity contribution in [3.63, 3.8) is 0 Å². The van der Waals surface area contributed by atoms with Crippen molar-refractivity contribution in [2.24, 2.45) is 0 Å². The van der Waals surface area contributed by atoms with E-state index >= 15 is 0 Å². The summed E-state index contributed by atoms with van der Waals surface area (Å²) in [7, 11) is -0.918. The Balaban J connectivity index is 2.75. The highest BCUT2D eigenvalue weighted by Crippen LogP contribution is 2.38. The molecule has 26 heavy (non-hydrogen) atoms. The van der Waals surface area contributed by atoms with Gasteiger partial charge in [0.05, 0.1) is 0 Å². The highest BCUT2D eigenvalue weighted by molar-refractivity contribution is 8.57. The predicted octanol–water partition coefficient (Wildman–Crippen LogP) is 6.63. The number of benzene rings is 2. The van der Waals surface area contributed by atoms with Crippen molar-refractivity contribution < 1.29 is 4.57 Å². The van der Waals surface area contributed by atoms with Crippen LogP contribution in [-0.2, 0) is 34.1 Å². The Kier molecular flexibility index (Phi) is 7.38. The fourth-order valence-corrected chi connectivity index (χ4v) is 6.12. The molecule has 0 aliphatic carbocycles. The van der Waals surface area contributed by atoms with E-state index in [-0.39, 0.29) is 0 Å². The molecule has 0 saturated carbocycles.